The molecule has 0 unspecified atom stereocenters. The number of ether oxygens (including phenoxy) is 2. The summed E-state index contributed by atoms with van der Waals surface area (Å²) in [6.07, 6.45) is -1.06. The number of esters is 1. The Kier molecular flexibility index (Phi) is 6.90. The van der Waals surface area contributed by atoms with Gasteiger partial charge in [0, 0.05) is 5.02 Å². The molecular formula is C31H22ClFN2O6. The van der Waals surface area contributed by atoms with Crippen molar-refractivity contribution >= 4 is 40.8 Å². The normalized spacial score (nSPS) is 19.8. The van der Waals surface area contributed by atoms with Crippen LogP contribution in [0.2, 0.25) is 5.02 Å². The highest BCUT2D eigenvalue weighted by molar-refractivity contribution is 6.31. The number of halogens is 2. The summed E-state index contributed by atoms with van der Waals surface area (Å²) in [6.45, 7) is 0. The van der Waals surface area contributed by atoms with Crippen molar-refractivity contribution in [3.05, 3.63) is 119 Å². The predicted molar refractivity (Wildman–Crippen MR) is 148 cm³/mol. The lowest BCUT2D eigenvalue weighted by molar-refractivity contribution is -0.126. The summed E-state index contributed by atoms with van der Waals surface area (Å²) in [5.41, 5.74) is 1.81. The van der Waals surface area contributed by atoms with Crippen LogP contribution in [0.25, 0.3) is 0 Å². The molecule has 0 N–H and O–H groups in total. The minimum Gasteiger partial charge on any atom is -0.493 e. The number of hydroxylamine groups is 1. The number of methoxy groups -OCH3 is 1. The number of nitrogens with zero attached hydrogens (tertiary/aromatic N) is 2. The van der Waals surface area contributed by atoms with Crippen molar-refractivity contribution in [2.45, 2.75) is 12.1 Å². The van der Waals surface area contributed by atoms with Crippen molar-refractivity contribution in [1.82, 2.24) is 0 Å². The van der Waals surface area contributed by atoms with E-state index in [0.29, 0.717) is 22.0 Å². The minimum atomic E-state index is -1.06. The highest BCUT2D eigenvalue weighted by atomic mass is 35.5. The molecule has 206 valence electrons. The molecule has 6 rings (SSSR count). The van der Waals surface area contributed by atoms with Crippen molar-refractivity contribution in [2.24, 2.45) is 5.92 Å². The molecule has 2 aliphatic rings. The third-order valence-electron chi connectivity index (χ3n) is 7.02. The molecular weight excluding hydrogens is 551 g/mol. The van der Waals surface area contributed by atoms with Crippen molar-refractivity contribution in [3.63, 3.8) is 0 Å². The predicted octanol–water partition coefficient (Wildman–Crippen LogP) is 5.76. The number of hydrogen-bond donors (Lipinski definition) is 0. The van der Waals surface area contributed by atoms with Gasteiger partial charge in [0.1, 0.15) is 11.7 Å². The Bertz CT molecular complexity index is 1630. The van der Waals surface area contributed by atoms with E-state index in [9.17, 15) is 18.8 Å². The van der Waals surface area contributed by atoms with E-state index in [1.54, 1.807) is 47.5 Å². The lowest BCUT2D eigenvalue weighted by Crippen LogP contribution is -2.37. The van der Waals surface area contributed by atoms with Gasteiger partial charge < -0.3 is 9.47 Å². The molecule has 4 aromatic carbocycles. The van der Waals surface area contributed by atoms with Gasteiger partial charge in [-0.05, 0) is 78.4 Å². The van der Waals surface area contributed by atoms with E-state index < -0.39 is 41.7 Å². The highest BCUT2D eigenvalue weighted by Gasteiger charge is 2.60. The molecule has 0 spiro atoms. The molecule has 0 aliphatic carbocycles. The molecule has 0 aromatic heterocycles. The standard InChI is InChI=1S/C31H22ClFN2O6/c1-39-25-17-19(9-16-24(25)40-31(38)18-7-12-21(33)13-8-18)27-26-28(41-35(27)23-5-3-2-4-6-23)30(37)34(29(26)36)22-14-10-20(32)11-15-22/h2-17,26-28H,1H3/t26-,27-,28-/m0/s1. The van der Waals surface area contributed by atoms with Gasteiger partial charge in [-0.1, -0.05) is 35.9 Å². The molecule has 0 radical (unpaired) electrons. The number of fused-ring (bicyclic) bond motifs is 1. The molecule has 0 bridgehead atoms. The first-order valence-corrected chi connectivity index (χ1v) is 13.0. The van der Waals surface area contributed by atoms with E-state index in [-0.39, 0.29) is 17.1 Å². The van der Waals surface area contributed by atoms with Crippen LogP contribution in [0, 0.1) is 11.7 Å². The second-order valence-electron chi connectivity index (χ2n) is 9.45. The molecule has 2 amide bonds. The Morgan fingerprint density at radius 1 is 0.854 bits per heavy atom. The average molecular weight is 573 g/mol. The number of carbonyl (C=O) groups is 3. The zero-order valence-electron chi connectivity index (χ0n) is 21.6. The number of rotatable bonds is 6. The Balaban J connectivity index is 1.36. The number of imide groups is 1. The van der Waals surface area contributed by atoms with Crippen molar-refractivity contribution in [2.75, 3.05) is 17.1 Å². The summed E-state index contributed by atoms with van der Waals surface area (Å²) in [5, 5.41) is 2.04. The van der Waals surface area contributed by atoms with Crippen LogP contribution in [0.1, 0.15) is 22.0 Å². The molecule has 8 nitrogen and oxygen atoms in total. The van der Waals surface area contributed by atoms with Crippen LogP contribution in [0.4, 0.5) is 15.8 Å². The SMILES string of the molecule is COc1cc([C@H]2[C@@H]3C(=O)N(c4ccc(Cl)cc4)C(=O)[C@H]3ON2c2ccccc2)ccc1OC(=O)c1ccc(F)cc1. The Morgan fingerprint density at radius 3 is 2.24 bits per heavy atom. The number of para-hydroxylation sites is 1. The van der Waals surface area contributed by atoms with E-state index >= 15 is 0 Å². The number of hydrogen-bond acceptors (Lipinski definition) is 7. The number of anilines is 2. The zero-order valence-corrected chi connectivity index (χ0v) is 22.3. The van der Waals surface area contributed by atoms with Crippen molar-refractivity contribution in [1.29, 1.82) is 0 Å². The fraction of sp³-hybridized carbons (Fsp3) is 0.129. The Hall–Kier alpha value is -4.73. The average Bonchev–Trinajstić information content (AvgIpc) is 3.50. The van der Waals surface area contributed by atoms with Gasteiger partial charge in [0.2, 0.25) is 5.91 Å². The van der Waals surface area contributed by atoms with E-state index in [0.717, 1.165) is 4.90 Å². The molecule has 2 aliphatic heterocycles. The first-order valence-electron chi connectivity index (χ1n) is 12.7. The minimum absolute atomic E-state index is 0.129. The first-order chi connectivity index (χ1) is 19.9. The smallest absolute Gasteiger partial charge is 0.343 e. The van der Waals surface area contributed by atoms with Crippen molar-refractivity contribution < 1.29 is 33.1 Å². The summed E-state index contributed by atoms with van der Waals surface area (Å²) in [5.74, 6) is -2.60. The van der Waals surface area contributed by atoms with E-state index in [2.05, 4.69) is 0 Å². The molecule has 2 fully saturated rings. The fourth-order valence-corrected chi connectivity index (χ4v) is 5.22. The number of benzene rings is 4. The van der Waals surface area contributed by atoms with Gasteiger partial charge in [-0.15, -0.1) is 0 Å². The van der Waals surface area contributed by atoms with Crippen LogP contribution in [-0.2, 0) is 14.4 Å². The van der Waals surface area contributed by atoms with Gasteiger partial charge in [0.05, 0.1) is 30.1 Å². The van der Waals surface area contributed by atoms with Crippen LogP contribution in [0.3, 0.4) is 0 Å². The largest absolute Gasteiger partial charge is 0.493 e. The van der Waals surface area contributed by atoms with Crippen LogP contribution in [-0.4, -0.2) is 31.0 Å². The maximum Gasteiger partial charge on any atom is 0.343 e. The van der Waals surface area contributed by atoms with Crippen molar-refractivity contribution in [3.8, 4) is 11.5 Å². The van der Waals surface area contributed by atoms with Gasteiger partial charge in [0.15, 0.2) is 17.6 Å². The Labute approximate surface area is 239 Å². The second-order valence-corrected chi connectivity index (χ2v) is 9.89. The van der Waals surface area contributed by atoms with E-state index in [1.807, 2.05) is 30.3 Å². The van der Waals surface area contributed by atoms with Gasteiger partial charge in [0.25, 0.3) is 5.91 Å². The topological polar surface area (TPSA) is 85.4 Å². The van der Waals surface area contributed by atoms with Crippen LogP contribution >= 0.6 is 11.6 Å². The Morgan fingerprint density at radius 2 is 1.56 bits per heavy atom. The van der Waals surface area contributed by atoms with Gasteiger partial charge in [-0.25, -0.2) is 19.1 Å². The summed E-state index contributed by atoms with van der Waals surface area (Å²) < 4.78 is 24.3. The number of amides is 2. The fourth-order valence-electron chi connectivity index (χ4n) is 5.09. The lowest BCUT2D eigenvalue weighted by atomic mass is 9.90. The molecule has 2 heterocycles. The highest BCUT2D eigenvalue weighted by Crippen LogP contribution is 2.48. The van der Waals surface area contributed by atoms with Gasteiger partial charge >= 0.3 is 5.97 Å². The van der Waals surface area contributed by atoms with Crippen LogP contribution < -0.4 is 19.4 Å². The number of carbonyl (C=O) groups excluding carboxylic acids is 3. The van der Waals surface area contributed by atoms with Crippen LogP contribution in [0.15, 0.2) is 97.1 Å². The molecule has 41 heavy (non-hydrogen) atoms. The summed E-state index contributed by atoms with van der Waals surface area (Å²) in [6, 6.07) is 24.7. The van der Waals surface area contributed by atoms with Crippen LogP contribution in [0.5, 0.6) is 11.5 Å². The van der Waals surface area contributed by atoms with Gasteiger partial charge in [-0.2, -0.15) is 0 Å². The monoisotopic (exact) mass is 572 g/mol. The van der Waals surface area contributed by atoms with E-state index in [4.69, 9.17) is 25.9 Å². The first kappa shape index (κ1) is 26.5. The third kappa shape index (κ3) is 4.79. The zero-order chi connectivity index (χ0) is 28.7. The summed E-state index contributed by atoms with van der Waals surface area (Å²) in [4.78, 5) is 47.3. The molecule has 2 saturated heterocycles. The third-order valence-corrected chi connectivity index (χ3v) is 7.27. The molecule has 4 aromatic rings. The lowest BCUT2D eigenvalue weighted by Gasteiger charge is -2.29. The van der Waals surface area contributed by atoms with Gasteiger partial charge in [-0.3, -0.25) is 14.4 Å². The quantitative estimate of drug-likeness (QED) is 0.165. The summed E-state index contributed by atoms with van der Waals surface area (Å²) >= 11 is 6.01. The molecule has 3 atom stereocenters. The maximum absolute atomic E-state index is 13.8. The maximum atomic E-state index is 13.8. The second kappa shape index (κ2) is 10.7. The summed E-state index contributed by atoms with van der Waals surface area (Å²) in [7, 11) is 1.42. The van der Waals surface area contributed by atoms with E-state index in [1.165, 1.54) is 31.4 Å². The molecule has 10 heteroatoms. The molecule has 0 saturated carbocycles.